The summed E-state index contributed by atoms with van der Waals surface area (Å²) in [5.41, 5.74) is 0.747. The van der Waals surface area contributed by atoms with Crippen LogP contribution in [-0.2, 0) is 0 Å². The number of hydrogen-bond donors (Lipinski definition) is 1. The molecule has 2 nitrogen and oxygen atoms in total. The number of hydrogen-bond acceptors (Lipinski definition) is 2. The fraction of sp³-hybridized carbons (Fsp3) is 1.00. The van der Waals surface area contributed by atoms with E-state index in [1.807, 2.05) is 0 Å². The van der Waals surface area contributed by atoms with Gasteiger partial charge in [0.25, 0.3) is 0 Å². The van der Waals surface area contributed by atoms with E-state index in [-0.39, 0.29) is 0 Å². The van der Waals surface area contributed by atoms with Gasteiger partial charge in [0.1, 0.15) is 0 Å². The van der Waals surface area contributed by atoms with Crippen molar-refractivity contribution in [3.63, 3.8) is 0 Å². The summed E-state index contributed by atoms with van der Waals surface area (Å²) in [4.78, 5) is 2.60. The van der Waals surface area contributed by atoms with Crippen LogP contribution in [0, 0.1) is 5.41 Å². The van der Waals surface area contributed by atoms with E-state index in [1.54, 1.807) is 0 Å². The van der Waals surface area contributed by atoms with Gasteiger partial charge in [-0.2, -0.15) is 0 Å². The Kier molecular flexibility index (Phi) is 3.83. The van der Waals surface area contributed by atoms with Crippen LogP contribution >= 0.6 is 0 Å². The summed E-state index contributed by atoms with van der Waals surface area (Å²) in [5.74, 6) is 0. The van der Waals surface area contributed by atoms with Gasteiger partial charge in [0.2, 0.25) is 0 Å². The van der Waals surface area contributed by atoms with E-state index in [1.165, 1.54) is 19.5 Å². The predicted octanol–water partition coefficient (Wildman–Crippen LogP) is 2.49. The lowest BCUT2D eigenvalue weighted by Gasteiger charge is -2.43. The van der Waals surface area contributed by atoms with Gasteiger partial charge in [-0.15, -0.1) is 0 Å². The topological polar surface area (TPSA) is 15.3 Å². The summed E-state index contributed by atoms with van der Waals surface area (Å²) in [6, 6.07) is 0.665. The smallest absolute Gasteiger partial charge is 0.0200 e. The van der Waals surface area contributed by atoms with Gasteiger partial charge in [0.05, 0.1) is 0 Å². The molecule has 1 rings (SSSR count). The van der Waals surface area contributed by atoms with Crippen LogP contribution in [0.2, 0.25) is 0 Å². The Morgan fingerprint density at radius 3 is 2.20 bits per heavy atom. The predicted molar refractivity (Wildman–Crippen MR) is 67.2 cm³/mol. The van der Waals surface area contributed by atoms with Crippen molar-refractivity contribution in [3.8, 4) is 0 Å². The number of nitrogens with zero attached hydrogens (tertiary/aromatic N) is 1. The minimum Gasteiger partial charge on any atom is -0.311 e. The molecule has 1 atom stereocenters. The van der Waals surface area contributed by atoms with Gasteiger partial charge >= 0.3 is 0 Å². The van der Waals surface area contributed by atoms with Crippen molar-refractivity contribution >= 4 is 0 Å². The molecule has 90 valence electrons. The molecule has 0 amide bonds. The van der Waals surface area contributed by atoms with Gasteiger partial charge in [0, 0.05) is 31.2 Å². The van der Waals surface area contributed by atoms with E-state index >= 15 is 0 Å². The Bertz CT molecular complexity index is 198. The Balaban J connectivity index is 2.50. The molecule has 0 aromatic rings. The highest BCUT2D eigenvalue weighted by molar-refractivity contribution is 4.87. The van der Waals surface area contributed by atoms with Crippen LogP contribution in [0.1, 0.15) is 48.0 Å². The van der Waals surface area contributed by atoms with Gasteiger partial charge in [0.15, 0.2) is 0 Å². The van der Waals surface area contributed by atoms with Gasteiger partial charge in [-0.05, 0) is 32.6 Å². The molecule has 0 saturated carbocycles. The maximum absolute atomic E-state index is 3.64. The molecule has 0 aromatic carbocycles. The zero-order chi connectivity index (χ0) is 11.7. The van der Waals surface area contributed by atoms with Crippen molar-refractivity contribution in [3.05, 3.63) is 0 Å². The van der Waals surface area contributed by atoms with Crippen LogP contribution in [0.3, 0.4) is 0 Å². The van der Waals surface area contributed by atoms with Crippen molar-refractivity contribution < 1.29 is 0 Å². The van der Waals surface area contributed by atoms with Gasteiger partial charge < -0.3 is 5.32 Å². The molecular formula is C13H28N2. The normalized spacial score (nSPS) is 25.6. The van der Waals surface area contributed by atoms with E-state index in [2.05, 4.69) is 51.8 Å². The van der Waals surface area contributed by atoms with E-state index in [0.29, 0.717) is 17.0 Å². The molecule has 0 aromatic heterocycles. The third-order valence-electron chi connectivity index (χ3n) is 3.06. The molecule has 0 spiro atoms. The minimum atomic E-state index is 0.318. The molecule has 1 saturated heterocycles. The molecule has 1 heterocycles. The van der Waals surface area contributed by atoms with Crippen molar-refractivity contribution in [2.75, 3.05) is 19.6 Å². The second-order valence-corrected chi connectivity index (χ2v) is 7.03. The third-order valence-corrected chi connectivity index (χ3v) is 3.06. The lowest BCUT2D eigenvalue weighted by atomic mass is 9.87. The Morgan fingerprint density at radius 2 is 1.73 bits per heavy atom. The second kappa shape index (κ2) is 4.42. The summed E-state index contributed by atoms with van der Waals surface area (Å²) < 4.78 is 0. The fourth-order valence-corrected chi connectivity index (χ4v) is 2.31. The summed E-state index contributed by atoms with van der Waals surface area (Å²) >= 11 is 0. The minimum absolute atomic E-state index is 0.318. The lowest BCUT2D eigenvalue weighted by molar-refractivity contribution is 0.0837. The lowest BCUT2D eigenvalue weighted by Crippen LogP contribution is -2.57. The molecule has 0 aliphatic carbocycles. The molecule has 1 unspecified atom stereocenters. The zero-order valence-corrected chi connectivity index (χ0v) is 11.4. The Labute approximate surface area is 95.4 Å². The average molecular weight is 212 g/mol. The monoisotopic (exact) mass is 212 g/mol. The first-order chi connectivity index (χ1) is 6.68. The maximum Gasteiger partial charge on any atom is 0.0200 e. The Hall–Kier alpha value is -0.0800. The van der Waals surface area contributed by atoms with Crippen molar-refractivity contribution in [1.82, 2.24) is 10.2 Å². The van der Waals surface area contributed by atoms with Gasteiger partial charge in [-0.25, -0.2) is 0 Å². The first-order valence-electron chi connectivity index (χ1n) is 6.17. The van der Waals surface area contributed by atoms with Crippen LogP contribution in [0.15, 0.2) is 0 Å². The molecule has 1 aliphatic rings. The standard InChI is InChI=1S/C13H28N2/c1-12(2,3)9-11-10-15(8-7-14-11)13(4,5)6/h11,14H,7-10H2,1-6H3. The molecular weight excluding hydrogens is 184 g/mol. The largest absolute Gasteiger partial charge is 0.311 e. The quantitative estimate of drug-likeness (QED) is 0.718. The van der Waals surface area contributed by atoms with Crippen molar-refractivity contribution in [2.45, 2.75) is 59.5 Å². The highest BCUT2D eigenvalue weighted by atomic mass is 15.2. The summed E-state index contributed by atoms with van der Waals surface area (Å²) in [6.07, 6.45) is 1.26. The first kappa shape index (κ1) is 13.0. The third kappa shape index (κ3) is 4.52. The zero-order valence-electron chi connectivity index (χ0n) is 11.4. The van der Waals surface area contributed by atoms with Crippen LogP contribution in [0.25, 0.3) is 0 Å². The first-order valence-corrected chi connectivity index (χ1v) is 6.17. The number of piperazine rings is 1. The summed E-state index contributed by atoms with van der Waals surface area (Å²) in [5, 5.41) is 3.64. The molecule has 15 heavy (non-hydrogen) atoms. The summed E-state index contributed by atoms with van der Waals surface area (Å²) in [6.45, 7) is 17.4. The highest BCUT2D eigenvalue weighted by Crippen LogP contribution is 2.24. The molecule has 1 aliphatic heterocycles. The second-order valence-electron chi connectivity index (χ2n) is 7.03. The highest BCUT2D eigenvalue weighted by Gasteiger charge is 2.29. The van der Waals surface area contributed by atoms with Gasteiger partial charge in [-0.1, -0.05) is 20.8 Å². The summed E-state index contributed by atoms with van der Waals surface area (Å²) in [7, 11) is 0. The SMILES string of the molecule is CC(C)(C)CC1CN(C(C)(C)C)CCN1. The van der Waals surface area contributed by atoms with Crippen LogP contribution in [0.5, 0.6) is 0 Å². The van der Waals surface area contributed by atoms with E-state index in [4.69, 9.17) is 0 Å². The van der Waals surface area contributed by atoms with Crippen molar-refractivity contribution in [2.24, 2.45) is 5.41 Å². The molecule has 1 N–H and O–H groups in total. The Morgan fingerprint density at radius 1 is 1.13 bits per heavy atom. The molecule has 1 fully saturated rings. The van der Waals surface area contributed by atoms with E-state index < -0.39 is 0 Å². The number of rotatable bonds is 1. The molecule has 0 bridgehead atoms. The fourth-order valence-electron chi connectivity index (χ4n) is 2.31. The maximum atomic E-state index is 3.64. The van der Waals surface area contributed by atoms with Crippen LogP contribution in [-0.4, -0.2) is 36.1 Å². The molecule has 2 heteroatoms. The van der Waals surface area contributed by atoms with Crippen molar-refractivity contribution in [1.29, 1.82) is 0 Å². The average Bonchev–Trinajstić information content (AvgIpc) is 1.99. The molecule has 0 radical (unpaired) electrons. The van der Waals surface area contributed by atoms with Crippen LogP contribution in [0.4, 0.5) is 0 Å². The van der Waals surface area contributed by atoms with E-state index in [0.717, 1.165) is 6.54 Å². The van der Waals surface area contributed by atoms with Crippen LogP contribution < -0.4 is 5.32 Å². The number of nitrogens with one attached hydrogen (secondary N) is 1. The van der Waals surface area contributed by atoms with Gasteiger partial charge in [-0.3, -0.25) is 4.90 Å². The van der Waals surface area contributed by atoms with E-state index in [9.17, 15) is 0 Å².